The number of nitrogens with zero attached hydrogens (tertiary/aromatic N) is 7. The van der Waals surface area contributed by atoms with E-state index < -0.39 is 10.0 Å². The summed E-state index contributed by atoms with van der Waals surface area (Å²) in [5, 5.41) is 10.3. The van der Waals surface area contributed by atoms with Crippen LogP contribution in [0.5, 0.6) is 0 Å². The van der Waals surface area contributed by atoms with Crippen LogP contribution >= 0.6 is 0 Å². The molecule has 2 aliphatic rings. The van der Waals surface area contributed by atoms with E-state index in [0.29, 0.717) is 38.4 Å². The van der Waals surface area contributed by atoms with Gasteiger partial charge in [-0.05, 0) is 43.4 Å². The van der Waals surface area contributed by atoms with E-state index in [2.05, 4.69) is 20.6 Å². The SMILES string of the molecule is CS(=O)(=O)N1CCC(n2c(=O)n(Cc3cc4cnc(C#N)nc4n3CCC3CCCCC3)c3ccccc32)CC1. The largest absolute Gasteiger partial charge is 0.329 e. The van der Waals surface area contributed by atoms with Crippen LogP contribution in [0.3, 0.4) is 0 Å². The summed E-state index contributed by atoms with van der Waals surface area (Å²) in [6.07, 6.45) is 11.5. The molecule has 4 heterocycles. The van der Waals surface area contributed by atoms with Crippen LogP contribution in [0.4, 0.5) is 0 Å². The third kappa shape index (κ3) is 5.06. The summed E-state index contributed by atoms with van der Waals surface area (Å²) in [4.78, 5) is 22.8. The number of hydrogen-bond acceptors (Lipinski definition) is 6. The van der Waals surface area contributed by atoms with E-state index in [4.69, 9.17) is 0 Å². The van der Waals surface area contributed by atoms with Gasteiger partial charge >= 0.3 is 5.69 Å². The number of hydrogen-bond donors (Lipinski definition) is 0. The maximum Gasteiger partial charge on any atom is 0.329 e. The zero-order valence-corrected chi connectivity index (χ0v) is 23.7. The molecule has 0 atom stereocenters. The van der Waals surface area contributed by atoms with Crippen LogP contribution in [-0.4, -0.2) is 55.7 Å². The van der Waals surface area contributed by atoms with Crippen LogP contribution in [-0.2, 0) is 23.1 Å². The number of fused-ring (bicyclic) bond motifs is 2. The summed E-state index contributed by atoms with van der Waals surface area (Å²) in [7, 11) is -3.25. The van der Waals surface area contributed by atoms with E-state index in [1.54, 1.807) is 6.20 Å². The third-order valence-corrected chi connectivity index (χ3v) is 10.1. The van der Waals surface area contributed by atoms with Gasteiger partial charge in [0, 0.05) is 43.0 Å². The molecule has 1 aliphatic heterocycles. The predicted octanol–water partition coefficient (Wildman–Crippen LogP) is 4.03. The fourth-order valence-corrected chi connectivity index (χ4v) is 7.52. The number of aryl methyl sites for hydroxylation is 1. The average Bonchev–Trinajstić information content (AvgIpc) is 3.45. The van der Waals surface area contributed by atoms with Gasteiger partial charge in [-0.2, -0.15) is 5.26 Å². The Bertz CT molecular complexity index is 1750. The van der Waals surface area contributed by atoms with Gasteiger partial charge in [0.15, 0.2) is 0 Å². The molecule has 40 heavy (non-hydrogen) atoms. The second-order valence-electron chi connectivity index (χ2n) is 11.3. The number of imidazole rings is 1. The molecule has 0 amide bonds. The van der Waals surface area contributed by atoms with Gasteiger partial charge in [-0.15, -0.1) is 0 Å². The Kier molecular flexibility index (Phi) is 7.23. The molecule has 0 spiro atoms. The molecule has 0 unspecified atom stereocenters. The highest BCUT2D eigenvalue weighted by atomic mass is 32.2. The maximum atomic E-state index is 14.0. The lowest BCUT2D eigenvalue weighted by Gasteiger charge is -2.30. The highest BCUT2D eigenvalue weighted by molar-refractivity contribution is 7.88. The maximum absolute atomic E-state index is 14.0. The Balaban J connectivity index is 1.37. The highest BCUT2D eigenvalue weighted by Gasteiger charge is 2.29. The molecule has 1 aliphatic carbocycles. The Morgan fingerprint density at radius 1 is 1.02 bits per heavy atom. The first kappa shape index (κ1) is 26.7. The van der Waals surface area contributed by atoms with Crippen LogP contribution < -0.4 is 5.69 Å². The van der Waals surface area contributed by atoms with Crippen molar-refractivity contribution < 1.29 is 8.42 Å². The van der Waals surface area contributed by atoms with Gasteiger partial charge in [-0.3, -0.25) is 9.13 Å². The number of nitriles is 1. The van der Waals surface area contributed by atoms with Crippen molar-refractivity contribution in [1.82, 2.24) is 28.0 Å². The number of rotatable bonds is 7. The lowest BCUT2D eigenvalue weighted by molar-refractivity contribution is 0.274. The standard InChI is InChI=1S/C29H35N7O3S/c1-40(38,39)33-14-12-23(13-15-33)36-26-10-6-5-9-25(26)35(29(36)37)20-24-17-22-19-31-27(18-30)32-28(22)34(24)16-11-21-7-3-2-4-8-21/h5-6,9-10,17,19,21,23H,2-4,7-8,11-16,20H2,1H3. The van der Waals surface area contributed by atoms with Gasteiger partial charge in [-0.25, -0.2) is 27.5 Å². The van der Waals surface area contributed by atoms with Gasteiger partial charge in [0.2, 0.25) is 15.8 Å². The van der Waals surface area contributed by atoms with Crippen molar-refractivity contribution in [3.05, 3.63) is 58.5 Å². The predicted molar refractivity (Wildman–Crippen MR) is 153 cm³/mol. The summed E-state index contributed by atoms with van der Waals surface area (Å²) < 4.78 is 31.4. The molecule has 11 heteroatoms. The van der Waals surface area contributed by atoms with Crippen molar-refractivity contribution in [2.45, 2.75) is 70.5 Å². The smallest absolute Gasteiger partial charge is 0.328 e. The summed E-state index contributed by atoms with van der Waals surface area (Å²) in [6, 6.07) is 11.9. The summed E-state index contributed by atoms with van der Waals surface area (Å²) >= 11 is 0. The molecular weight excluding hydrogens is 526 g/mol. The van der Waals surface area contributed by atoms with Crippen molar-refractivity contribution >= 4 is 32.1 Å². The van der Waals surface area contributed by atoms with Gasteiger partial charge in [0.1, 0.15) is 11.7 Å². The molecule has 0 N–H and O–H groups in total. The van der Waals surface area contributed by atoms with E-state index in [1.807, 2.05) is 39.5 Å². The van der Waals surface area contributed by atoms with E-state index in [0.717, 1.165) is 40.7 Å². The molecule has 10 nitrogen and oxygen atoms in total. The number of piperidine rings is 1. The number of sulfonamides is 1. The van der Waals surface area contributed by atoms with Gasteiger partial charge in [0.05, 0.1) is 23.8 Å². The summed E-state index contributed by atoms with van der Waals surface area (Å²) in [5.41, 5.74) is 3.33. The number of benzene rings is 1. The van der Waals surface area contributed by atoms with Crippen molar-refractivity contribution in [3.63, 3.8) is 0 Å². The normalized spacial score (nSPS) is 18.0. The first-order chi connectivity index (χ1) is 19.3. The molecule has 210 valence electrons. The van der Waals surface area contributed by atoms with Crippen molar-refractivity contribution in [3.8, 4) is 6.07 Å². The van der Waals surface area contributed by atoms with Crippen LogP contribution in [0.2, 0.25) is 0 Å². The minimum Gasteiger partial charge on any atom is -0.328 e. The van der Waals surface area contributed by atoms with Crippen LogP contribution in [0.15, 0.2) is 41.3 Å². The summed E-state index contributed by atoms with van der Waals surface area (Å²) in [6.45, 7) is 1.97. The van der Waals surface area contributed by atoms with Crippen molar-refractivity contribution in [1.29, 1.82) is 5.26 Å². The molecular formula is C29H35N7O3S. The summed E-state index contributed by atoms with van der Waals surface area (Å²) in [5.74, 6) is 0.823. The number of aromatic nitrogens is 5. The lowest BCUT2D eigenvalue weighted by Crippen LogP contribution is -2.40. The topological polar surface area (TPSA) is 119 Å². The van der Waals surface area contributed by atoms with Crippen LogP contribution in [0, 0.1) is 17.2 Å². The quantitative estimate of drug-likeness (QED) is 0.336. The first-order valence-corrected chi connectivity index (χ1v) is 16.1. The molecule has 0 radical (unpaired) electrons. The minimum atomic E-state index is -3.25. The Hall–Kier alpha value is -3.49. The van der Waals surface area contributed by atoms with E-state index >= 15 is 0 Å². The molecule has 1 aromatic carbocycles. The first-order valence-electron chi connectivity index (χ1n) is 14.2. The highest BCUT2D eigenvalue weighted by Crippen LogP contribution is 2.30. The molecule has 1 saturated carbocycles. The zero-order chi connectivity index (χ0) is 27.9. The Morgan fingerprint density at radius 2 is 1.75 bits per heavy atom. The van der Waals surface area contributed by atoms with Crippen LogP contribution in [0.1, 0.15) is 68.9 Å². The second-order valence-corrected chi connectivity index (χ2v) is 13.3. The minimum absolute atomic E-state index is 0.0714. The van der Waals surface area contributed by atoms with E-state index in [9.17, 15) is 18.5 Å². The molecule has 0 bridgehead atoms. The molecule has 3 aromatic heterocycles. The van der Waals surface area contributed by atoms with Crippen LogP contribution in [0.25, 0.3) is 22.1 Å². The van der Waals surface area contributed by atoms with Gasteiger partial charge in [0.25, 0.3) is 0 Å². The van der Waals surface area contributed by atoms with E-state index in [1.165, 1.54) is 42.7 Å². The molecule has 4 aromatic rings. The lowest BCUT2D eigenvalue weighted by atomic mass is 9.87. The number of para-hydroxylation sites is 2. The zero-order valence-electron chi connectivity index (χ0n) is 22.9. The fourth-order valence-electron chi connectivity index (χ4n) is 6.65. The Morgan fingerprint density at radius 3 is 2.45 bits per heavy atom. The van der Waals surface area contributed by atoms with E-state index in [-0.39, 0.29) is 17.6 Å². The molecule has 2 fully saturated rings. The third-order valence-electron chi connectivity index (χ3n) is 8.75. The monoisotopic (exact) mass is 561 g/mol. The molecule has 1 saturated heterocycles. The van der Waals surface area contributed by atoms with Crippen molar-refractivity contribution in [2.24, 2.45) is 5.92 Å². The fraction of sp³-hybridized carbons (Fsp3) is 0.517. The van der Waals surface area contributed by atoms with Crippen molar-refractivity contribution in [2.75, 3.05) is 19.3 Å². The molecule has 6 rings (SSSR count). The second kappa shape index (κ2) is 10.8. The Labute approximate surface area is 233 Å². The van der Waals surface area contributed by atoms with Gasteiger partial charge < -0.3 is 4.57 Å². The van der Waals surface area contributed by atoms with Gasteiger partial charge in [-0.1, -0.05) is 44.2 Å². The average molecular weight is 562 g/mol.